The third kappa shape index (κ3) is 4.54. The summed E-state index contributed by atoms with van der Waals surface area (Å²) >= 11 is 0. The molecule has 2 unspecified atom stereocenters. The number of halogens is 1. The molecule has 0 aromatic heterocycles. The Morgan fingerprint density at radius 2 is 2.00 bits per heavy atom. The van der Waals surface area contributed by atoms with Gasteiger partial charge in [0, 0.05) is 19.1 Å². The van der Waals surface area contributed by atoms with E-state index in [0.29, 0.717) is 13.2 Å². The maximum atomic E-state index is 13.7. The molecule has 2 N–H and O–H groups in total. The smallest absolute Gasteiger partial charge is 0.313 e. The highest BCUT2D eigenvalue weighted by atomic mass is 19.1. The lowest BCUT2D eigenvalue weighted by Crippen LogP contribution is -2.42. The molecular formula is C18H25FN2O3. The van der Waals surface area contributed by atoms with E-state index in [9.17, 15) is 14.0 Å². The monoisotopic (exact) mass is 336 g/mol. The Kier molecular flexibility index (Phi) is 5.59. The van der Waals surface area contributed by atoms with Crippen LogP contribution in [0.4, 0.5) is 10.1 Å². The van der Waals surface area contributed by atoms with Gasteiger partial charge in [-0.1, -0.05) is 26.8 Å². The van der Waals surface area contributed by atoms with Crippen molar-refractivity contribution in [3.05, 3.63) is 29.6 Å². The number of carbonyl (C=O) groups is 2. The van der Waals surface area contributed by atoms with Crippen molar-refractivity contribution in [3.63, 3.8) is 0 Å². The van der Waals surface area contributed by atoms with Gasteiger partial charge < -0.3 is 15.4 Å². The van der Waals surface area contributed by atoms with E-state index in [2.05, 4.69) is 31.4 Å². The van der Waals surface area contributed by atoms with Crippen LogP contribution in [0.3, 0.4) is 0 Å². The van der Waals surface area contributed by atoms with Crippen LogP contribution in [0.1, 0.15) is 32.8 Å². The number of carbonyl (C=O) groups excluding carboxylic acids is 2. The molecule has 1 saturated heterocycles. The minimum atomic E-state index is -0.871. The summed E-state index contributed by atoms with van der Waals surface area (Å²) in [5.41, 5.74) is 0.709. The van der Waals surface area contributed by atoms with Gasteiger partial charge in [0.1, 0.15) is 5.82 Å². The molecule has 1 aliphatic rings. The number of aryl methyl sites for hydroxylation is 1. The van der Waals surface area contributed by atoms with Gasteiger partial charge in [-0.2, -0.15) is 0 Å². The molecule has 2 amide bonds. The highest BCUT2D eigenvalue weighted by Crippen LogP contribution is 2.34. The van der Waals surface area contributed by atoms with Gasteiger partial charge in [0.05, 0.1) is 11.8 Å². The molecule has 1 heterocycles. The number of ether oxygens (including phenoxy) is 1. The maximum Gasteiger partial charge on any atom is 0.313 e. The Hall–Kier alpha value is -1.95. The topological polar surface area (TPSA) is 67.4 Å². The van der Waals surface area contributed by atoms with E-state index in [1.165, 1.54) is 12.1 Å². The zero-order valence-electron chi connectivity index (χ0n) is 14.6. The molecule has 1 aliphatic heterocycles. The van der Waals surface area contributed by atoms with Crippen LogP contribution < -0.4 is 10.6 Å². The van der Waals surface area contributed by atoms with Gasteiger partial charge in [0.25, 0.3) is 0 Å². The maximum absolute atomic E-state index is 13.7. The van der Waals surface area contributed by atoms with E-state index < -0.39 is 17.6 Å². The standard InChI is InChI=1S/C18H25FN2O3/c1-11-5-6-14(13(19)9-11)21-17(23)16(22)20-10-12-7-8-24-15(12)18(2,3)4/h5-6,9,12,15H,7-8,10H2,1-4H3,(H,20,22)(H,21,23). The summed E-state index contributed by atoms with van der Waals surface area (Å²) in [5, 5.41) is 4.92. The van der Waals surface area contributed by atoms with Crippen molar-refractivity contribution in [2.24, 2.45) is 11.3 Å². The minimum absolute atomic E-state index is 0.00230. The molecule has 132 valence electrons. The van der Waals surface area contributed by atoms with E-state index in [4.69, 9.17) is 4.74 Å². The molecule has 1 aromatic rings. The Morgan fingerprint density at radius 1 is 1.29 bits per heavy atom. The fourth-order valence-corrected chi connectivity index (χ4v) is 3.00. The highest BCUT2D eigenvalue weighted by Gasteiger charge is 2.37. The minimum Gasteiger partial charge on any atom is -0.377 e. The molecule has 2 rings (SSSR count). The fourth-order valence-electron chi connectivity index (χ4n) is 3.00. The second-order valence-electron chi connectivity index (χ2n) is 7.35. The number of benzene rings is 1. The molecule has 1 aromatic carbocycles. The van der Waals surface area contributed by atoms with Gasteiger partial charge in [-0.05, 0) is 36.5 Å². The molecule has 1 fully saturated rings. The Balaban J connectivity index is 1.89. The van der Waals surface area contributed by atoms with Gasteiger partial charge in [-0.15, -0.1) is 0 Å². The summed E-state index contributed by atoms with van der Waals surface area (Å²) in [4.78, 5) is 23.9. The number of nitrogens with one attached hydrogen (secondary N) is 2. The van der Waals surface area contributed by atoms with E-state index >= 15 is 0 Å². The molecule has 0 bridgehead atoms. The average Bonchev–Trinajstić information content (AvgIpc) is 2.96. The van der Waals surface area contributed by atoms with Crippen molar-refractivity contribution in [1.82, 2.24) is 5.32 Å². The van der Waals surface area contributed by atoms with Crippen molar-refractivity contribution >= 4 is 17.5 Å². The summed E-state index contributed by atoms with van der Waals surface area (Å²) in [5.74, 6) is -2.04. The van der Waals surface area contributed by atoms with E-state index in [1.54, 1.807) is 13.0 Å². The normalized spacial score (nSPS) is 20.7. The summed E-state index contributed by atoms with van der Waals surface area (Å²) in [6, 6.07) is 4.41. The van der Waals surface area contributed by atoms with Gasteiger partial charge >= 0.3 is 11.8 Å². The predicted molar refractivity (Wildman–Crippen MR) is 90.1 cm³/mol. The van der Waals surface area contributed by atoms with Gasteiger partial charge in [0.2, 0.25) is 0 Å². The molecule has 6 heteroatoms. The molecule has 5 nitrogen and oxygen atoms in total. The average molecular weight is 336 g/mol. The molecule has 0 aliphatic carbocycles. The van der Waals surface area contributed by atoms with Crippen LogP contribution in [0.15, 0.2) is 18.2 Å². The van der Waals surface area contributed by atoms with Crippen LogP contribution in [0.2, 0.25) is 0 Å². The summed E-state index contributed by atoms with van der Waals surface area (Å²) in [7, 11) is 0. The van der Waals surface area contributed by atoms with Crippen molar-refractivity contribution in [1.29, 1.82) is 0 Å². The first kappa shape index (κ1) is 18.4. The number of hydrogen-bond donors (Lipinski definition) is 2. The second kappa shape index (κ2) is 7.30. The van der Waals surface area contributed by atoms with Gasteiger partial charge in [0.15, 0.2) is 0 Å². The Morgan fingerprint density at radius 3 is 2.62 bits per heavy atom. The number of rotatable bonds is 3. The summed E-state index contributed by atoms with van der Waals surface area (Å²) in [6.07, 6.45) is 0.881. The third-order valence-corrected chi connectivity index (χ3v) is 4.17. The highest BCUT2D eigenvalue weighted by molar-refractivity contribution is 6.39. The first-order valence-corrected chi connectivity index (χ1v) is 8.15. The summed E-state index contributed by atoms with van der Waals surface area (Å²) in [6.45, 7) is 9.03. The zero-order valence-corrected chi connectivity index (χ0v) is 14.6. The third-order valence-electron chi connectivity index (χ3n) is 4.17. The molecule has 0 spiro atoms. The first-order chi connectivity index (χ1) is 11.2. The molecule has 24 heavy (non-hydrogen) atoms. The fraction of sp³-hybridized carbons (Fsp3) is 0.556. The van der Waals surface area contributed by atoms with Crippen molar-refractivity contribution in [2.45, 2.75) is 40.2 Å². The van der Waals surface area contributed by atoms with E-state index in [0.717, 1.165) is 12.0 Å². The molecule has 2 atom stereocenters. The number of hydrogen-bond acceptors (Lipinski definition) is 3. The van der Waals surface area contributed by atoms with Crippen LogP contribution >= 0.6 is 0 Å². The quantitative estimate of drug-likeness (QED) is 0.834. The van der Waals surface area contributed by atoms with Crippen LogP contribution in [0, 0.1) is 24.1 Å². The second-order valence-corrected chi connectivity index (χ2v) is 7.35. The predicted octanol–water partition coefficient (Wildman–Crippen LogP) is 2.64. The van der Waals surface area contributed by atoms with Crippen molar-refractivity contribution in [2.75, 3.05) is 18.5 Å². The van der Waals surface area contributed by atoms with Crippen molar-refractivity contribution < 1.29 is 18.7 Å². The number of amides is 2. The van der Waals surface area contributed by atoms with Crippen LogP contribution in [0.5, 0.6) is 0 Å². The molecular weight excluding hydrogens is 311 g/mol. The van der Waals surface area contributed by atoms with E-state index in [-0.39, 0.29) is 23.1 Å². The number of anilines is 1. The van der Waals surface area contributed by atoms with E-state index in [1.807, 2.05) is 0 Å². The Labute approximate surface area is 142 Å². The molecule has 0 radical (unpaired) electrons. The molecule has 0 saturated carbocycles. The van der Waals surface area contributed by atoms with Gasteiger partial charge in [-0.25, -0.2) is 4.39 Å². The zero-order chi connectivity index (χ0) is 17.9. The SMILES string of the molecule is Cc1ccc(NC(=O)C(=O)NCC2CCOC2C(C)(C)C)c(F)c1. The van der Waals surface area contributed by atoms with Crippen LogP contribution in [-0.4, -0.2) is 31.1 Å². The lowest BCUT2D eigenvalue weighted by molar-refractivity contribution is -0.136. The van der Waals surface area contributed by atoms with Crippen molar-refractivity contribution in [3.8, 4) is 0 Å². The van der Waals surface area contributed by atoms with Crippen LogP contribution in [-0.2, 0) is 14.3 Å². The first-order valence-electron chi connectivity index (χ1n) is 8.15. The summed E-state index contributed by atoms with van der Waals surface area (Å²) < 4.78 is 19.5. The van der Waals surface area contributed by atoms with Crippen LogP contribution in [0.25, 0.3) is 0 Å². The largest absolute Gasteiger partial charge is 0.377 e. The lowest BCUT2D eigenvalue weighted by Gasteiger charge is -2.31. The Bertz CT molecular complexity index is 625. The van der Waals surface area contributed by atoms with Gasteiger partial charge in [-0.3, -0.25) is 9.59 Å². The lowest BCUT2D eigenvalue weighted by atomic mass is 9.81.